The molecule has 56 heavy (non-hydrogen) atoms. The number of hydrogen-bond donors (Lipinski definition) is 0. The molecular weight excluding hydrogens is 718 g/mol. The van der Waals surface area contributed by atoms with Crippen LogP contribution in [0.1, 0.15) is 39.1 Å². The number of nitrogens with zero attached hydrogens (tertiary/aromatic N) is 3. The monoisotopic (exact) mass is 753 g/mol. The van der Waals surface area contributed by atoms with Gasteiger partial charge in [-0.15, -0.1) is 0 Å². The van der Waals surface area contributed by atoms with Crippen LogP contribution < -0.4 is 18.9 Å². The van der Waals surface area contributed by atoms with Crippen molar-refractivity contribution in [1.29, 1.82) is 5.26 Å². The number of carbonyl (C=O) groups is 4. The summed E-state index contributed by atoms with van der Waals surface area (Å²) in [5.74, 6) is -1.46. The molecule has 5 aromatic rings. The highest BCUT2D eigenvalue weighted by Gasteiger charge is 2.18. The van der Waals surface area contributed by atoms with Gasteiger partial charge in [0, 0.05) is 54.6 Å². The number of rotatable bonds is 18. The third kappa shape index (κ3) is 11.5. The first-order chi connectivity index (χ1) is 27.3. The van der Waals surface area contributed by atoms with Crippen LogP contribution in [-0.2, 0) is 19.1 Å². The van der Waals surface area contributed by atoms with Crippen molar-refractivity contribution in [3.8, 4) is 51.6 Å². The normalized spacial score (nSPS) is 10.3. The molecule has 0 aliphatic heterocycles. The summed E-state index contributed by atoms with van der Waals surface area (Å²) in [7, 11) is 0. The van der Waals surface area contributed by atoms with Gasteiger partial charge in [-0.3, -0.25) is 9.97 Å². The molecule has 5 rings (SSSR count). The maximum Gasteiger partial charge on any atom is 0.345 e. The molecule has 0 saturated carbocycles. The first-order valence-corrected chi connectivity index (χ1v) is 17.2. The van der Waals surface area contributed by atoms with E-state index >= 15 is 0 Å². The van der Waals surface area contributed by atoms with Gasteiger partial charge < -0.3 is 28.4 Å². The van der Waals surface area contributed by atoms with E-state index in [1.807, 2.05) is 30.3 Å². The zero-order valence-corrected chi connectivity index (χ0v) is 30.1. The number of ether oxygens (including phenoxy) is 6. The largest absolute Gasteiger partial charge is 0.493 e. The Morgan fingerprint density at radius 2 is 1.05 bits per heavy atom. The molecule has 0 fully saturated rings. The Bertz CT molecular complexity index is 2210. The second kappa shape index (κ2) is 20.0. The minimum atomic E-state index is -0.782. The lowest BCUT2D eigenvalue weighted by atomic mass is 10.1. The van der Waals surface area contributed by atoms with Gasteiger partial charge in [-0.1, -0.05) is 13.2 Å². The van der Waals surface area contributed by atoms with E-state index in [4.69, 9.17) is 28.4 Å². The van der Waals surface area contributed by atoms with Crippen LogP contribution in [-0.4, -0.2) is 60.3 Å². The topological polar surface area (TPSA) is 173 Å². The summed E-state index contributed by atoms with van der Waals surface area (Å²) in [4.78, 5) is 57.3. The molecule has 2 aromatic heterocycles. The predicted octanol–water partition coefficient (Wildman–Crippen LogP) is 7.12. The van der Waals surface area contributed by atoms with Crippen molar-refractivity contribution < 1.29 is 47.6 Å². The lowest BCUT2D eigenvalue weighted by Crippen LogP contribution is -2.13. The van der Waals surface area contributed by atoms with Gasteiger partial charge in [0.2, 0.25) is 0 Å². The van der Waals surface area contributed by atoms with E-state index in [0.29, 0.717) is 48.9 Å². The summed E-state index contributed by atoms with van der Waals surface area (Å²) in [6, 6.07) is 26.9. The number of carbonyl (C=O) groups excluding carboxylic acids is 4. The fraction of sp³-hybridized carbons (Fsp3) is 0.140. The number of benzene rings is 3. The van der Waals surface area contributed by atoms with Crippen LogP contribution in [0.25, 0.3) is 22.5 Å². The average Bonchev–Trinajstić information content (AvgIpc) is 3.24. The number of aromatic nitrogens is 2. The third-order valence-electron chi connectivity index (χ3n) is 7.71. The van der Waals surface area contributed by atoms with Crippen LogP contribution in [0.3, 0.4) is 0 Å². The Labute approximate surface area is 322 Å². The molecule has 3 aromatic carbocycles. The minimum absolute atomic E-state index is 0.0782. The van der Waals surface area contributed by atoms with Crippen molar-refractivity contribution in [1.82, 2.24) is 9.97 Å². The molecule has 0 atom stereocenters. The quantitative estimate of drug-likeness (QED) is 0.0384. The smallest absolute Gasteiger partial charge is 0.345 e. The molecule has 0 amide bonds. The number of pyridine rings is 2. The molecule has 0 unspecified atom stereocenters. The van der Waals surface area contributed by atoms with Crippen molar-refractivity contribution in [3.63, 3.8) is 0 Å². The van der Waals surface area contributed by atoms with E-state index in [-0.39, 0.29) is 41.4 Å². The number of hydrogen-bond acceptors (Lipinski definition) is 13. The first-order valence-electron chi connectivity index (χ1n) is 17.2. The van der Waals surface area contributed by atoms with E-state index in [9.17, 15) is 24.4 Å². The molecule has 0 N–H and O–H groups in total. The lowest BCUT2D eigenvalue weighted by molar-refractivity contribution is -0.138. The van der Waals surface area contributed by atoms with Gasteiger partial charge in [-0.05, 0) is 84.9 Å². The van der Waals surface area contributed by atoms with E-state index in [1.54, 1.807) is 48.5 Å². The van der Waals surface area contributed by atoms with Gasteiger partial charge in [-0.2, -0.15) is 5.26 Å². The Balaban J connectivity index is 1.16. The lowest BCUT2D eigenvalue weighted by Gasteiger charge is -2.11. The fourth-order valence-corrected chi connectivity index (χ4v) is 4.84. The van der Waals surface area contributed by atoms with Gasteiger partial charge in [-0.25, -0.2) is 19.2 Å². The zero-order chi connectivity index (χ0) is 39.7. The highest BCUT2D eigenvalue weighted by Crippen LogP contribution is 2.31. The van der Waals surface area contributed by atoms with Crippen molar-refractivity contribution in [2.75, 3.05) is 26.4 Å². The fourth-order valence-electron chi connectivity index (χ4n) is 4.84. The van der Waals surface area contributed by atoms with Gasteiger partial charge in [0.1, 0.15) is 11.5 Å². The third-order valence-corrected chi connectivity index (χ3v) is 7.71. The van der Waals surface area contributed by atoms with E-state index < -0.39 is 23.9 Å². The Morgan fingerprint density at radius 3 is 1.46 bits per heavy atom. The van der Waals surface area contributed by atoms with Gasteiger partial charge in [0.05, 0.1) is 60.6 Å². The van der Waals surface area contributed by atoms with Crippen LogP contribution in [0.4, 0.5) is 0 Å². The summed E-state index contributed by atoms with van der Waals surface area (Å²) < 4.78 is 32.3. The van der Waals surface area contributed by atoms with Crippen LogP contribution in [0.2, 0.25) is 0 Å². The SMILES string of the molecule is C=CC(=O)OCCCOc1ccc(-c2ccc(C(=O)Oc3ccc(C#N)cc3OC(=O)c3ccc(-c4ccc(OCCCOC(=O)C=C)cc4)nc3)cn2)cc1. The number of esters is 4. The van der Waals surface area contributed by atoms with Crippen LogP contribution in [0, 0.1) is 11.3 Å². The molecule has 0 radical (unpaired) electrons. The van der Waals surface area contributed by atoms with E-state index in [1.165, 1.54) is 30.6 Å². The molecule has 0 saturated heterocycles. The van der Waals surface area contributed by atoms with E-state index in [0.717, 1.165) is 23.3 Å². The van der Waals surface area contributed by atoms with Gasteiger partial charge in [0.25, 0.3) is 0 Å². The molecule has 282 valence electrons. The molecule has 13 heteroatoms. The molecule has 0 bridgehead atoms. The molecule has 2 heterocycles. The summed E-state index contributed by atoms with van der Waals surface area (Å²) in [6.45, 7) is 7.86. The molecule has 13 nitrogen and oxygen atoms in total. The van der Waals surface area contributed by atoms with Crippen LogP contribution >= 0.6 is 0 Å². The molecular formula is C43H35N3O10. The highest BCUT2D eigenvalue weighted by atomic mass is 16.6. The molecule has 0 aliphatic carbocycles. The summed E-state index contributed by atoms with van der Waals surface area (Å²) in [5, 5.41) is 9.46. The molecule has 0 spiro atoms. The average molecular weight is 754 g/mol. The second-order valence-electron chi connectivity index (χ2n) is 11.6. The van der Waals surface area contributed by atoms with Crippen LogP contribution in [0.5, 0.6) is 23.0 Å². The molecule has 0 aliphatic rings. The zero-order valence-electron chi connectivity index (χ0n) is 30.1. The van der Waals surface area contributed by atoms with Crippen molar-refractivity contribution in [2.45, 2.75) is 12.8 Å². The van der Waals surface area contributed by atoms with Crippen LogP contribution in [0.15, 0.2) is 129 Å². The van der Waals surface area contributed by atoms with Crippen molar-refractivity contribution in [3.05, 3.63) is 145 Å². The minimum Gasteiger partial charge on any atom is -0.493 e. The van der Waals surface area contributed by atoms with E-state index in [2.05, 4.69) is 23.1 Å². The van der Waals surface area contributed by atoms with Crippen molar-refractivity contribution in [2.24, 2.45) is 0 Å². The maximum absolute atomic E-state index is 13.1. The standard InChI is InChI=1S/C43H35N3O10/c1-3-40(47)53-23-5-21-51-34-14-8-30(9-15-34)36-18-12-32(27-45-36)42(49)55-38-20-7-29(26-44)25-39(38)56-43(50)33-13-19-37(46-28-33)31-10-16-35(17-11-31)52-22-6-24-54-41(48)4-2/h3-4,7-20,25,27-28H,1-2,5-6,21-24H2. The maximum atomic E-state index is 13.1. The Hall–Kier alpha value is -7.59. The van der Waals surface area contributed by atoms with Gasteiger partial charge in [0.15, 0.2) is 11.5 Å². The summed E-state index contributed by atoms with van der Waals surface area (Å²) in [6.07, 6.45) is 5.97. The Kier molecular flexibility index (Phi) is 14.2. The summed E-state index contributed by atoms with van der Waals surface area (Å²) in [5.41, 5.74) is 3.18. The predicted molar refractivity (Wildman–Crippen MR) is 203 cm³/mol. The Morgan fingerprint density at radius 1 is 0.589 bits per heavy atom. The first kappa shape index (κ1) is 39.6. The van der Waals surface area contributed by atoms with Crippen molar-refractivity contribution >= 4 is 23.9 Å². The highest BCUT2D eigenvalue weighted by molar-refractivity contribution is 5.93. The summed E-state index contributed by atoms with van der Waals surface area (Å²) >= 11 is 0. The second-order valence-corrected chi connectivity index (χ2v) is 11.6. The number of nitriles is 1. The van der Waals surface area contributed by atoms with Gasteiger partial charge >= 0.3 is 23.9 Å².